The SMILES string of the molecule is COCCCNC(=O)c1ccccc1NC(=S)NC(=O)c1cc(OC)c(OC)c(OC)c1. The molecule has 3 N–H and O–H groups in total. The second-order valence-corrected chi connectivity index (χ2v) is 6.88. The Morgan fingerprint density at radius 2 is 1.59 bits per heavy atom. The van der Waals surface area contributed by atoms with Crippen LogP contribution < -0.4 is 30.2 Å². The quantitative estimate of drug-likeness (QED) is 0.366. The van der Waals surface area contributed by atoms with Crippen molar-refractivity contribution < 1.29 is 28.5 Å². The summed E-state index contributed by atoms with van der Waals surface area (Å²) in [5.74, 6) is 0.307. The number of ether oxygens (including phenoxy) is 4. The summed E-state index contributed by atoms with van der Waals surface area (Å²) in [5.41, 5.74) is 1.12. The number of benzene rings is 2. The molecule has 0 spiro atoms. The highest BCUT2D eigenvalue weighted by molar-refractivity contribution is 7.80. The highest BCUT2D eigenvalue weighted by Crippen LogP contribution is 2.38. The summed E-state index contributed by atoms with van der Waals surface area (Å²) in [6, 6.07) is 9.89. The molecule has 0 fully saturated rings. The van der Waals surface area contributed by atoms with Crippen LogP contribution in [-0.4, -0.2) is 58.5 Å². The third-order valence-corrected chi connectivity index (χ3v) is 4.59. The van der Waals surface area contributed by atoms with Crippen LogP contribution >= 0.6 is 12.2 Å². The molecule has 0 atom stereocenters. The number of carbonyl (C=O) groups excluding carboxylic acids is 2. The van der Waals surface area contributed by atoms with Gasteiger partial charge in [-0.3, -0.25) is 14.9 Å². The summed E-state index contributed by atoms with van der Waals surface area (Å²) < 4.78 is 20.8. The standard InChI is InChI=1S/C22H27N3O6S/c1-28-11-7-10-23-21(27)15-8-5-6-9-16(15)24-22(32)25-20(26)14-12-17(29-2)19(31-4)18(13-14)30-3/h5-6,8-9,12-13H,7,10-11H2,1-4H3,(H,23,27)(H2,24,25,26,32). The fraction of sp³-hybridized carbons (Fsp3) is 0.318. The number of hydrogen-bond donors (Lipinski definition) is 3. The molecule has 2 amide bonds. The molecule has 0 saturated carbocycles. The molecule has 172 valence electrons. The molecular formula is C22H27N3O6S. The lowest BCUT2D eigenvalue weighted by Crippen LogP contribution is -2.35. The summed E-state index contributed by atoms with van der Waals surface area (Å²) in [7, 11) is 6.00. The fourth-order valence-corrected chi connectivity index (χ4v) is 3.05. The number of anilines is 1. The lowest BCUT2D eigenvalue weighted by atomic mass is 10.1. The topological polar surface area (TPSA) is 107 Å². The van der Waals surface area contributed by atoms with Gasteiger partial charge < -0.3 is 29.6 Å². The molecular weight excluding hydrogens is 434 g/mol. The Bertz CT molecular complexity index is 941. The predicted molar refractivity (Wildman–Crippen MR) is 125 cm³/mol. The van der Waals surface area contributed by atoms with Gasteiger partial charge in [0.15, 0.2) is 16.6 Å². The van der Waals surface area contributed by atoms with Crippen molar-refractivity contribution in [3.05, 3.63) is 47.5 Å². The lowest BCUT2D eigenvalue weighted by molar-refractivity contribution is 0.0947. The van der Waals surface area contributed by atoms with E-state index >= 15 is 0 Å². The average molecular weight is 462 g/mol. The van der Waals surface area contributed by atoms with Crippen LogP contribution in [0.25, 0.3) is 0 Å². The van der Waals surface area contributed by atoms with E-state index in [2.05, 4.69) is 16.0 Å². The van der Waals surface area contributed by atoms with Gasteiger partial charge >= 0.3 is 0 Å². The van der Waals surface area contributed by atoms with E-state index in [0.29, 0.717) is 48.1 Å². The van der Waals surface area contributed by atoms with Gasteiger partial charge in [0, 0.05) is 25.8 Å². The van der Waals surface area contributed by atoms with Gasteiger partial charge in [0.25, 0.3) is 11.8 Å². The smallest absolute Gasteiger partial charge is 0.257 e. The van der Waals surface area contributed by atoms with Crippen molar-refractivity contribution in [1.82, 2.24) is 10.6 Å². The molecule has 32 heavy (non-hydrogen) atoms. The number of rotatable bonds is 10. The maximum absolute atomic E-state index is 12.7. The van der Waals surface area contributed by atoms with Crippen LogP contribution in [0.15, 0.2) is 36.4 Å². The predicted octanol–water partition coefficient (Wildman–Crippen LogP) is 2.61. The van der Waals surface area contributed by atoms with E-state index in [-0.39, 0.29) is 16.6 Å². The monoisotopic (exact) mass is 461 g/mol. The van der Waals surface area contributed by atoms with Gasteiger partial charge in [-0.25, -0.2) is 0 Å². The van der Waals surface area contributed by atoms with Crippen LogP contribution in [0, 0.1) is 0 Å². The molecule has 0 aliphatic rings. The van der Waals surface area contributed by atoms with E-state index in [1.54, 1.807) is 31.4 Å². The van der Waals surface area contributed by atoms with Crippen molar-refractivity contribution >= 4 is 34.8 Å². The van der Waals surface area contributed by atoms with Crippen LogP contribution in [-0.2, 0) is 4.74 Å². The molecule has 0 bridgehead atoms. The molecule has 10 heteroatoms. The zero-order valence-electron chi connectivity index (χ0n) is 18.4. The first-order chi connectivity index (χ1) is 15.4. The molecule has 0 aliphatic heterocycles. The fourth-order valence-electron chi connectivity index (χ4n) is 2.84. The second kappa shape index (κ2) is 12.5. The van der Waals surface area contributed by atoms with Crippen LogP contribution in [0.5, 0.6) is 17.2 Å². The van der Waals surface area contributed by atoms with E-state index < -0.39 is 5.91 Å². The molecule has 2 aromatic carbocycles. The Balaban J connectivity index is 2.10. The first-order valence-corrected chi connectivity index (χ1v) is 10.1. The second-order valence-electron chi connectivity index (χ2n) is 6.47. The minimum atomic E-state index is -0.483. The van der Waals surface area contributed by atoms with Crippen LogP contribution in [0.1, 0.15) is 27.1 Å². The van der Waals surface area contributed by atoms with Crippen molar-refractivity contribution in [3.8, 4) is 17.2 Å². The number of amides is 2. The largest absolute Gasteiger partial charge is 0.493 e. The van der Waals surface area contributed by atoms with Crippen LogP contribution in [0.3, 0.4) is 0 Å². The summed E-state index contributed by atoms with van der Waals surface area (Å²) in [5, 5.41) is 8.34. The first-order valence-electron chi connectivity index (χ1n) is 9.73. The van der Waals surface area contributed by atoms with Gasteiger partial charge in [0.1, 0.15) is 0 Å². The molecule has 9 nitrogen and oxygen atoms in total. The maximum Gasteiger partial charge on any atom is 0.257 e. The van der Waals surface area contributed by atoms with E-state index in [9.17, 15) is 9.59 Å². The van der Waals surface area contributed by atoms with Gasteiger partial charge in [0.2, 0.25) is 5.75 Å². The first kappa shape index (κ1) is 24.9. The summed E-state index contributed by atoms with van der Waals surface area (Å²) in [6.07, 6.45) is 0.696. The Kier molecular flexibility index (Phi) is 9.71. The van der Waals surface area contributed by atoms with Crippen LogP contribution in [0.4, 0.5) is 5.69 Å². The highest BCUT2D eigenvalue weighted by Gasteiger charge is 2.18. The molecule has 2 aromatic rings. The zero-order valence-corrected chi connectivity index (χ0v) is 19.3. The summed E-state index contributed by atoms with van der Waals surface area (Å²) in [6.45, 7) is 1.03. The summed E-state index contributed by atoms with van der Waals surface area (Å²) in [4.78, 5) is 25.2. The van der Waals surface area contributed by atoms with Gasteiger partial charge in [-0.15, -0.1) is 0 Å². The number of nitrogens with one attached hydrogen (secondary N) is 3. The number of thiocarbonyl (C=S) groups is 1. The van der Waals surface area contributed by atoms with Crippen molar-refractivity contribution in [2.45, 2.75) is 6.42 Å². The lowest BCUT2D eigenvalue weighted by Gasteiger charge is -2.15. The van der Waals surface area contributed by atoms with Crippen LogP contribution in [0.2, 0.25) is 0 Å². The minimum Gasteiger partial charge on any atom is -0.493 e. The van der Waals surface area contributed by atoms with Gasteiger partial charge in [-0.05, 0) is 42.9 Å². The van der Waals surface area contributed by atoms with Crippen molar-refractivity contribution in [2.24, 2.45) is 0 Å². The number of para-hydroxylation sites is 1. The number of carbonyl (C=O) groups is 2. The Labute approximate surface area is 192 Å². The van der Waals surface area contributed by atoms with Gasteiger partial charge in [-0.2, -0.15) is 0 Å². The highest BCUT2D eigenvalue weighted by atomic mass is 32.1. The van der Waals surface area contributed by atoms with Gasteiger partial charge in [0.05, 0.1) is 32.6 Å². The Hall–Kier alpha value is -3.37. The number of methoxy groups -OCH3 is 4. The van der Waals surface area contributed by atoms with E-state index in [1.165, 1.54) is 33.5 Å². The Morgan fingerprint density at radius 1 is 0.938 bits per heavy atom. The van der Waals surface area contributed by atoms with E-state index in [0.717, 1.165) is 0 Å². The minimum absolute atomic E-state index is 0.0309. The molecule has 0 unspecified atom stereocenters. The Morgan fingerprint density at radius 3 is 2.19 bits per heavy atom. The molecule has 0 saturated heterocycles. The van der Waals surface area contributed by atoms with E-state index in [4.69, 9.17) is 31.2 Å². The normalized spacial score (nSPS) is 10.1. The third kappa shape index (κ3) is 6.56. The molecule has 0 heterocycles. The van der Waals surface area contributed by atoms with Gasteiger partial charge in [-0.1, -0.05) is 12.1 Å². The maximum atomic E-state index is 12.7. The molecule has 0 aromatic heterocycles. The molecule has 2 rings (SSSR count). The average Bonchev–Trinajstić information content (AvgIpc) is 2.80. The summed E-state index contributed by atoms with van der Waals surface area (Å²) >= 11 is 5.27. The molecule has 0 aliphatic carbocycles. The zero-order chi connectivity index (χ0) is 23.5. The van der Waals surface area contributed by atoms with Crippen molar-refractivity contribution in [1.29, 1.82) is 0 Å². The van der Waals surface area contributed by atoms with E-state index in [1.807, 2.05) is 0 Å². The third-order valence-electron chi connectivity index (χ3n) is 4.38. The number of hydrogen-bond acceptors (Lipinski definition) is 7. The molecule has 0 radical (unpaired) electrons. The van der Waals surface area contributed by atoms with Crippen molar-refractivity contribution in [3.63, 3.8) is 0 Å². The van der Waals surface area contributed by atoms with Crippen molar-refractivity contribution in [2.75, 3.05) is 46.9 Å².